The third-order valence-corrected chi connectivity index (χ3v) is 11.7. The van der Waals surface area contributed by atoms with Crippen molar-refractivity contribution < 1.29 is 14.0 Å². The maximum absolute atomic E-state index is 11.7. The summed E-state index contributed by atoms with van der Waals surface area (Å²) in [4.78, 5) is 11.7. The van der Waals surface area contributed by atoms with Gasteiger partial charge in [-0.3, -0.25) is 0 Å². The quantitative estimate of drug-likeness (QED) is 0.0960. The van der Waals surface area contributed by atoms with Crippen LogP contribution in [0.25, 0.3) is 0 Å². The van der Waals surface area contributed by atoms with Gasteiger partial charge in [0.15, 0.2) is 0 Å². The summed E-state index contributed by atoms with van der Waals surface area (Å²) in [6, 6.07) is 21.6. The molecule has 2 rings (SSSR count). The Morgan fingerprint density at radius 3 is 2.00 bits per heavy atom. The van der Waals surface area contributed by atoms with Crippen LogP contribution in [0.5, 0.6) is 0 Å². The molecule has 0 amide bonds. The molecule has 0 atom stereocenters. The molecule has 0 N–H and O–H groups in total. The molecule has 0 unspecified atom stereocenters. The van der Waals surface area contributed by atoms with Crippen LogP contribution in [0.15, 0.2) is 82.9 Å². The van der Waals surface area contributed by atoms with Crippen LogP contribution in [-0.4, -0.2) is 27.5 Å². The average molecular weight is 544 g/mol. The van der Waals surface area contributed by atoms with Crippen molar-refractivity contribution in [2.24, 2.45) is 0 Å². The maximum atomic E-state index is 11.7. The van der Waals surface area contributed by atoms with Gasteiger partial charge >= 0.3 is 5.97 Å². The molecule has 0 heterocycles. The van der Waals surface area contributed by atoms with E-state index in [4.69, 9.17) is 9.16 Å². The van der Waals surface area contributed by atoms with Gasteiger partial charge in [0.05, 0.1) is 11.1 Å². The number of hydrogen-bond donors (Lipinski definition) is 0. The molecule has 5 heteroatoms. The van der Waals surface area contributed by atoms with E-state index in [1.165, 1.54) is 15.9 Å². The second-order valence-electron chi connectivity index (χ2n) is 9.37. The minimum absolute atomic E-state index is 0.0106. The lowest BCUT2D eigenvalue weighted by atomic mass is 10.0. The Morgan fingerprint density at radius 1 is 0.971 bits per heavy atom. The van der Waals surface area contributed by atoms with E-state index in [9.17, 15) is 4.79 Å². The number of hydrogen-bond acceptors (Lipinski definition) is 3. The average Bonchev–Trinajstić information content (AvgIpc) is 2.83. The highest BCUT2D eigenvalue weighted by Crippen LogP contribution is 2.37. The molecule has 0 saturated carbocycles. The van der Waals surface area contributed by atoms with Crippen LogP contribution in [0.1, 0.15) is 60.3 Å². The van der Waals surface area contributed by atoms with E-state index in [0.29, 0.717) is 17.7 Å². The number of halogens is 1. The SMILES string of the molecule is C/C=C(/CC/C=C(/Br)C(=O)OCC)CCCO[Si](c1ccccc1)(c1ccccc1)C(C)(C)C. The zero-order valence-corrected chi connectivity index (χ0v) is 23.9. The first-order valence-electron chi connectivity index (χ1n) is 12.2. The second-order valence-corrected chi connectivity index (χ2v) is 14.5. The van der Waals surface area contributed by atoms with Crippen LogP contribution in [0.3, 0.4) is 0 Å². The molecule has 34 heavy (non-hydrogen) atoms. The molecular weight excluding hydrogens is 504 g/mol. The van der Waals surface area contributed by atoms with Gasteiger partial charge in [-0.15, -0.1) is 0 Å². The monoisotopic (exact) mass is 542 g/mol. The molecule has 0 aliphatic heterocycles. The topological polar surface area (TPSA) is 35.5 Å². The first kappa shape index (κ1) is 28.3. The zero-order valence-electron chi connectivity index (χ0n) is 21.3. The van der Waals surface area contributed by atoms with Gasteiger partial charge in [0.25, 0.3) is 8.32 Å². The van der Waals surface area contributed by atoms with E-state index in [2.05, 4.69) is 110 Å². The highest BCUT2D eigenvalue weighted by atomic mass is 79.9. The normalized spacial score (nSPS) is 13.1. The Balaban J connectivity index is 2.09. The summed E-state index contributed by atoms with van der Waals surface area (Å²) in [5.41, 5.74) is 1.38. The first-order valence-corrected chi connectivity index (χ1v) is 14.9. The lowest BCUT2D eigenvalue weighted by Crippen LogP contribution is -2.66. The van der Waals surface area contributed by atoms with Crippen LogP contribution >= 0.6 is 15.9 Å². The van der Waals surface area contributed by atoms with Crippen molar-refractivity contribution in [3.8, 4) is 0 Å². The highest BCUT2D eigenvalue weighted by molar-refractivity contribution is 9.12. The van der Waals surface area contributed by atoms with Crippen molar-refractivity contribution in [2.75, 3.05) is 13.2 Å². The van der Waals surface area contributed by atoms with Gasteiger partial charge in [-0.05, 0) is 70.9 Å². The summed E-state index contributed by atoms with van der Waals surface area (Å²) in [6.07, 6.45) is 7.76. The number of carbonyl (C=O) groups excluding carboxylic acids is 1. The minimum Gasteiger partial charge on any atom is -0.462 e. The third-order valence-electron chi connectivity index (χ3n) is 6.05. The minimum atomic E-state index is -2.48. The predicted molar refractivity (Wildman–Crippen MR) is 149 cm³/mol. The Kier molecular flexibility index (Phi) is 11.5. The summed E-state index contributed by atoms with van der Waals surface area (Å²) in [5.74, 6) is -0.303. The van der Waals surface area contributed by atoms with Gasteiger partial charge in [0.1, 0.15) is 0 Å². The Morgan fingerprint density at radius 2 is 1.53 bits per heavy atom. The van der Waals surface area contributed by atoms with Crippen molar-refractivity contribution in [3.63, 3.8) is 0 Å². The lowest BCUT2D eigenvalue weighted by Gasteiger charge is -2.43. The van der Waals surface area contributed by atoms with Crippen LogP contribution in [-0.2, 0) is 14.0 Å². The van der Waals surface area contributed by atoms with E-state index in [1.807, 2.05) is 13.0 Å². The highest BCUT2D eigenvalue weighted by Gasteiger charge is 2.49. The van der Waals surface area contributed by atoms with Crippen molar-refractivity contribution in [1.82, 2.24) is 0 Å². The predicted octanol–water partition coefficient (Wildman–Crippen LogP) is 6.91. The number of esters is 1. The molecule has 0 radical (unpaired) electrons. The summed E-state index contributed by atoms with van der Waals surface area (Å²) in [7, 11) is -2.48. The Hall–Kier alpha value is -1.95. The molecule has 184 valence electrons. The van der Waals surface area contributed by atoms with Gasteiger partial charge in [-0.1, -0.05) is 99.2 Å². The summed E-state index contributed by atoms with van der Waals surface area (Å²) < 4.78 is 12.5. The summed E-state index contributed by atoms with van der Waals surface area (Å²) in [5, 5.41) is 2.62. The standard InChI is InChI=1S/C29H39BrO3Si/c1-6-24(16-14-22-27(30)28(31)32-7-2)17-15-23-33-34(29(3,4)5,25-18-10-8-11-19-25)26-20-12-9-13-21-26/h6,8-13,18-22H,7,14-17,23H2,1-5H3/b24-6-,27-22+. The van der Waals surface area contributed by atoms with Crippen LogP contribution in [0, 0.1) is 0 Å². The molecule has 0 spiro atoms. The third kappa shape index (κ3) is 7.52. The molecule has 0 aromatic heterocycles. The van der Waals surface area contributed by atoms with Gasteiger partial charge in [0.2, 0.25) is 0 Å². The molecular formula is C29H39BrO3Si. The van der Waals surface area contributed by atoms with Crippen LogP contribution in [0.4, 0.5) is 0 Å². The Bertz CT molecular complexity index is 907. The second kappa shape index (κ2) is 13.8. The summed E-state index contributed by atoms with van der Waals surface area (Å²) in [6.45, 7) is 11.9. The maximum Gasteiger partial charge on any atom is 0.344 e. The van der Waals surface area contributed by atoms with E-state index in [0.717, 1.165) is 25.7 Å². The van der Waals surface area contributed by atoms with Crippen LogP contribution < -0.4 is 10.4 Å². The number of ether oxygens (including phenoxy) is 1. The molecule has 0 bridgehead atoms. The largest absolute Gasteiger partial charge is 0.462 e. The van der Waals surface area contributed by atoms with Crippen molar-refractivity contribution in [2.45, 2.75) is 65.3 Å². The fraction of sp³-hybridized carbons (Fsp3) is 0.414. The molecule has 0 aliphatic rings. The molecule has 0 saturated heterocycles. The smallest absolute Gasteiger partial charge is 0.344 e. The fourth-order valence-corrected chi connectivity index (χ4v) is 9.32. The molecule has 0 fully saturated rings. The molecule has 3 nitrogen and oxygen atoms in total. The summed E-state index contributed by atoms with van der Waals surface area (Å²) >= 11 is 3.32. The lowest BCUT2D eigenvalue weighted by molar-refractivity contribution is -0.137. The van der Waals surface area contributed by atoms with E-state index >= 15 is 0 Å². The number of carbonyl (C=O) groups is 1. The van der Waals surface area contributed by atoms with Gasteiger partial charge in [-0.25, -0.2) is 4.79 Å². The zero-order chi connectivity index (χ0) is 25.0. The van der Waals surface area contributed by atoms with Crippen molar-refractivity contribution in [1.29, 1.82) is 0 Å². The molecule has 2 aromatic rings. The van der Waals surface area contributed by atoms with Crippen molar-refractivity contribution >= 4 is 40.6 Å². The van der Waals surface area contributed by atoms with Gasteiger partial charge < -0.3 is 9.16 Å². The van der Waals surface area contributed by atoms with E-state index in [-0.39, 0.29) is 11.0 Å². The van der Waals surface area contributed by atoms with Crippen molar-refractivity contribution in [3.05, 3.63) is 82.9 Å². The number of benzene rings is 2. The van der Waals surface area contributed by atoms with Gasteiger partial charge in [-0.2, -0.15) is 0 Å². The van der Waals surface area contributed by atoms with E-state index in [1.54, 1.807) is 0 Å². The molecule has 0 aliphatic carbocycles. The first-order chi connectivity index (χ1) is 16.3. The van der Waals surface area contributed by atoms with Gasteiger partial charge in [0, 0.05) is 6.61 Å². The number of rotatable bonds is 12. The van der Waals surface area contributed by atoms with Crippen LogP contribution in [0.2, 0.25) is 5.04 Å². The number of allylic oxidation sites excluding steroid dienone is 3. The fourth-order valence-electron chi connectivity index (χ4n) is 4.37. The van der Waals surface area contributed by atoms with E-state index < -0.39 is 8.32 Å². The Labute approximate surface area is 215 Å². The molecule has 2 aromatic carbocycles.